The van der Waals surface area contributed by atoms with Gasteiger partial charge in [-0.1, -0.05) is 0 Å². The molecule has 0 aromatic heterocycles. The summed E-state index contributed by atoms with van der Waals surface area (Å²) in [7, 11) is 1.68. The van der Waals surface area contributed by atoms with Crippen LogP contribution in [0.25, 0.3) is 0 Å². The quantitative estimate of drug-likeness (QED) is 0.810. The van der Waals surface area contributed by atoms with Gasteiger partial charge in [0.2, 0.25) is 0 Å². The Morgan fingerprint density at radius 3 is 3.11 bits per heavy atom. The molecule has 1 aromatic rings. The number of ether oxygens (including phenoxy) is 2. The molecule has 0 spiro atoms. The third-order valence-electron chi connectivity index (χ3n) is 3.22. The van der Waals surface area contributed by atoms with Gasteiger partial charge < -0.3 is 14.8 Å². The van der Waals surface area contributed by atoms with Crippen molar-refractivity contribution in [3.05, 3.63) is 22.7 Å². The largest absolute Gasteiger partial charge is 0.497 e. The highest BCUT2D eigenvalue weighted by Gasteiger charge is 2.14. The predicted octanol–water partition coefficient (Wildman–Crippen LogP) is 3.83. The van der Waals surface area contributed by atoms with Gasteiger partial charge in [-0.05, 0) is 53.7 Å². The molecule has 3 nitrogen and oxygen atoms in total. The number of rotatable bonds is 6. The fraction of sp³-hybridized carbons (Fsp3) is 0.571. The van der Waals surface area contributed by atoms with Gasteiger partial charge in [-0.3, -0.25) is 0 Å². The molecule has 1 aliphatic heterocycles. The minimum Gasteiger partial charge on any atom is -0.497 e. The van der Waals surface area contributed by atoms with Crippen molar-refractivity contribution in [2.45, 2.75) is 31.8 Å². The van der Waals surface area contributed by atoms with Crippen molar-refractivity contribution >= 4 is 21.6 Å². The molecular weight excluding hydrogens is 294 g/mol. The summed E-state index contributed by atoms with van der Waals surface area (Å²) in [5.41, 5.74) is 1.08. The molecule has 0 saturated carbocycles. The summed E-state index contributed by atoms with van der Waals surface area (Å²) in [5.74, 6) is 0.875. The number of benzene rings is 1. The third-order valence-corrected chi connectivity index (χ3v) is 3.91. The Balaban J connectivity index is 1.75. The number of hydrogen-bond acceptors (Lipinski definition) is 3. The van der Waals surface area contributed by atoms with Crippen molar-refractivity contribution in [2.75, 3.05) is 25.6 Å². The molecule has 1 heterocycles. The topological polar surface area (TPSA) is 30.5 Å². The normalized spacial score (nSPS) is 18.9. The van der Waals surface area contributed by atoms with E-state index in [4.69, 9.17) is 9.47 Å². The predicted molar refractivity (Wildman–Crippen MR) is 77.4 cm³/mol. The van der Waals surface area contributed by atoms with E-state index in [1.54, 1.807) is 7.11 Å². The maximum absolute atomic E-state index is 5.61. The smallest absolute Gasteiger partial charge is 0.121 e. The van der Waals surface area contributed by atoms with E-state index in [1.165, 1.54) is 12.8 Å². The average Bonchev–Trinajstić information content (AvgIpc) is 2.89. The van der Waals surface area contributed by atoms with Gasteiger partial charge in [0.1, 0.15) is 5.75 Å². The zero-order chi connectivity index (χ0) is 12.8. The maximum atomic E-state index is 5.61. The summed E-state index contributed by atoms with van der Waals surface area (Å²) in [4.78, 5) is 0. The Morgan fingerprint density at radius 1 is 1.50 bits per heavy atom. The SMILES string of the molecule is COc1ccc(Br)c(NCCCC2CCCO2)c1. The van der Waals surface area contributed by atoms with Gasteiger partial charge in [0.25, 0.3) is 0 Å². The minimum absolute atomic E-state index is 0.487. The number of halogens is 1. The minimum atomic E-state index is 0.487. The van der Waals surface area contributed by atoms with Gasteiger partial charge in [-0.15, -0.1) is 0 Å². The molecule has 0 bridgehead atoms. The first-order valence-electron chi connectivity index (χ1n) is 6.48. The number of nitrogens with one attached hydrogen (secondary N) is 1. The molecule has 0 amide bonds. The Morgan fingerprint density at radius 2 is 2.39 bits per heavy atom. The Hall–Kier alpha value is -0.740. The number of anilines is 1. The summed E-state index contributed by atoms with van der Waals surface area (Å²) in [6, 6.07) is 5.96. The number of hydrogen-bond donors (Lipinski definition) is 1. The van der Waals surface area contributed by atoms with Crippen molar-refractivity contribution in [1.29, 1.82) is 0 Å². The average molecular weight is 314 g/mol. The van der Waals surface area contributed by atoms with Crippen LogP contribution >= 0.6 is 15.9 Å². The molecule has 2 rings (SSSR count). The lowest BCUT2D eigenvalue weighted by atomic mass is 10.1. The fourth-order valence-corrected chi connectivity index (χ4v) is 2.58. The fourth-order valence-electron chi connectivity index (χ4n) is 2.19. The molecule has 4 heteroatoms. The molecular formula is C14H20BrNO2. The maximum Gasteiger partial charge on any atom is 0.121 e. The number of methoxy groups -OCH3 is 1. The summed E-state index contributed by atoms with van der Waals surface area (Å²) in [6.45, 7) is 1.91. The molecule has 1 unspecified atom stereocenters. The highest BCUT2D eigenvalue weighted by molar-refractivity contribution is 9.10. The van der Waals surface area contributed by atoms with E-state index in [1.807, 2.05) is 18.2 Å². The molecule has 1 aromatic carbocycles. The van der Waals surface area contributed by atoms with E-state index in [0.29, 0.717) is 6.10 Å². The lowest BCUT2D eigenvalue weighted by molar-refractivity contribution is 0.103. The highest BCUT2D eigenvalue weighted by Crippen LogP contribution is 2.27. The second-order valence-corrected chi connectivity index (χ2v) is 5.40. The molecule has 18 heavy (non-hydrogen) atoms. The van der Waals surface area contributed by atoms with Crippen LogP contribution in [0.1, 0.15) is 25.7 Å². The van der Waals surface area contributed by atoms with Crippen molar-refractivity contribution in [3.63, 3.8) is 0 Å². The summed E-state index contributed by atoms with van der Waals surface area (Å²) in [6.07, 6.45) is 5.21. The van der Waals surface area contributed by atoms with Crippen molar-refractivity contribution in [3.8, 4) is 5.75 Å². The Kier molecular flexibility index (Phi) is 5.32. The molecule has 1 fully saturated rings. The van der Waals surface area contributed by atoms with E-state index in [2.05, 4.69) is 21.2 Å². The second kappa shape index (κ2) is 7.00. The molecule has 0 aliphatic carbocycles. The lowest BCUT2D eigenvalue weighted by Crippen LogP contribution is -2.09. The lowest BCUT2D eigenvalue weighted by Gasteiger charge is -2.12. The van der Waals surface area contributed by atoms with Crippen LogP contribution in [0.5, 0.6) is 5.75 Å². The van der Waals surface area contributed by atoms with Gasteiger partial charge in [0, 0.05) is 23.7 Å². The van der Waals surface area contributed by atoms with Crippen LogP contribution in [0, 0.1) is 0 Å². The van der Waals surface area contributed by atoms with Crippen LogP contribution < -0.4 is 10.1 Å². The van der Waals surface area contributed by atoms with Gasteiger partial charge >= 0.3 is 0 Å². The molecule has 1 saturated heterocycles. The zero-order valence-corrected chi connectivity index (χ0v) is 12.3. The van der Waals surface area contributed by atoms with Gasteiger partial charge in [0.15, 0.2) is 0 Å². The van der Waals surface area contributed by atoms with Crippen LogP contribution in [-0.2, 0) is 4.74 Å². The Labute approximate surface area is 117 Å². The Bertz CT molecular complexity index is 378. The van der Waals surface area contributed by atoms with Crippen molar-refractivity contribution < 1.29 is 9.47 Å². The van der Waals surface area contributed by atoms with Crippen LogP contribution in [0.3, 0.4) is 0 Å². The first kappa shape index (κ1) is 13.7. The monoisotopic (exact) mass is 313 g/mol. The molecule has 1 aliphatic rings. The van der Waals surface area contributed by atoms with Crippen LogP contribution in [0.2, 0.25) is 0 Å². The van der Waals surface area contributed by atoms with Crippen molar-refractivity contribution in [2.24, 2.45) is 0 Å². The van der Waals surface area contributed by atoms with Crippen LogP contribution in [0.15, 0.2) is 22.7 Å². The van der Waals surface area contributed by atoms with Crippen molar-refractivity contribution in [1.82, 2.24) is 0 Å². The van der Waals surface area contributed by atoms with E-state index >= 15 is 0 Å². The van der Waals surface area contributed by atoms with E-state index < -0.39 is 0 Å². The standard InChI is InChI=1S/C14H20BrNO2/c1-17-12-6-7-13(15)14(10-12)16-8-2-4-11-5-3-9-18-11/h6-7,10-11,16H,2-5,8-9H2,1H3. The summed E-state index contributed by atoms with van der Waals surface area (Å²) in [5, 5.41) is 3.43. The van der Waals surface area contributed by atoms with Crippen LogP contribution in [0.4, 0.5) is 5.69 Å². The summed E-state index contributed by atoms with van der Waals surface area (Å²) < 4.78 is 11.9. The van der Waals surface area contributed by atoms with E-state index in [0.717, 1.165) is 41.9 Å². The first-order valence-corrected chi connectivity index (χ1v) is 7.28. The van der Waals surface area contributed by atoms with Crippen LogP contribution in [-0.4, -0.2) is 26.4 Å². The zero-order valence-electron chi connectivity index (χ0n) is 10.7. The van der Waals surface area contributed by atoms with E-state index in [9.17, 15) is 0 Å². The van der Waals surface area contributed by atoms with Gasteiger partial charge in [-0.25, -0.2) is 0 Å². The van der Waals surface area contributed by atoms with Gasteiger partial charge in [0.05, 0.1) is 18.9 Å². The molecule has 1 atom stereocenters. The van der Waals surface area contributed by atoms with E-state index in [-0.39, 0.29) is 0 Å². The van der Waals surface area contributed by atoms with Gasteiger partial charge in [-0.2, -0.15) is 0 Å². The second-order valence-electron chi connectivity index (χ2n) is 4.55. The third kappa shape index (κ3) is 3.89. The molecule has 1 N–H and O–H groups in total. The molecule has 0 radical (unpaired) electrons. The first-order chi connectivity index (χ1) is 8.79. The summed E-state index contributed by atoms with van der Waals surface area (Å²) >= 11 is 3.54. The molecule has 100 valence electrons. The highest BCUT2D eigenvalue weighted by atomic mass is 79.9.